The van der Waals surface area contributed by atoms with E-state index in [4.69, 9.17) is 0 Å². The Morgan fingerprint density at radius 2 is 1.04 bits per heavy atom. The average Bonchev–Trinajstić information content (AvgIpc) is 3.02. The number of para-hydroxylation sites is 2. The third-order valence-electron chi connectivity index (χ3n) is 5.11. The Balaban J connectivity index is 2.33. The van der Waals surface area contributed by atoms with E-state index in [0.29, 0.717) is 33.5 Å². The minimum absolute atomic E-state index is 0.361. The molecule has 27 heavy (non-hydrogen) atoms. The van der Waals surface area contributed by atoms with Crippen molar-refractivity contribution in [2.24, 2.45) is 0 Å². The molecule has 4 rings (SSSR count). The van der Waals surface area contributed by atoms with Gasteiger partial charge in [-0.15, -0.1) is 0 Å². The fourth-order valence-electron chi connectivity index (χ4n) is 3.84. The van der Waals surface area contributed by atoms with Gasteiger partial charge >= 0.3 is 0 Å². The molecule has 0 aliphatic rings. The van der Waals surface area contributed by atoms with Gasteiger partial charge in [-0.3, -0.25) is 0 Å². The molecule has 0 aliphatic heterocycles. The van der Waals surface area contributed by atoms with Gasteiger partial charge in [-0.1, -0.05) is 36.4 Å². The first-order valence-corrected chi connectivity index (χ1v) is 8.50. The van der Waals surface area contributed by atoms with Gasteiger partial charge in [-0.05, 0) is 37.1 Å². The summed E-state index contributed by atoms with van der Waals surface area (Å²) in [5.74, 6) is 0. The van der Waals surface area contributed by atoms with Crippen molar-refractivity contribution in [2.75, 3.05) is 0 Å². The van der Waals surface area contributed by atoms with Gasteiger partial charge in [0.1, 0.15) is 12.1 Å². The largest absolute Gasteiger partial charge is 0.307 e. The van der Waals surface area contributed by atoms with E-state index in [9.17, 15) is 15.8 Å². The third kappa shape index (κ3) is 2.13. The van der Waals surface area contributed by atoms with Crippen LogP contribution in [0.25, 0.3) is 27.5 Å². The van der Waals surface area contributed by atoms with Crippen molar-refractivity contribution in [3.63, 3.8) is 0 Å². The lowest BCUT2D eigenvalue weighted by Crippen LogP contribution is -2.07. The molecule has 0 unspecified atom stereocenters. The van der Waals surface area contributed by atoms with Crippen LogP contribution in [0.3, 0.4) is 0 Å². The molecule has 3 aromatic carbocycles. The SMILES string of the molecule is Cc1c(C#N)c(C)c(C#N)c(-n2c3ccccc3c3ccccc32)c1C#N. The molecule has 0 aliphatic carbocycles. The molecule has 126 valence electrons. The smallest absolute Gasteiger partial charge is 0.102 e. The second-order valence-electron chi connectivity index (χ2n) is 6.43. The first-order chi connectivity index (χ1) is 13.1. The molecule has 0 atom stereocenters. The van der Waals surface area contributed by atoms with Gasteiger partial charge in [0.15, 0.2) is 0 Å². The topological polar surface area (TPSA) is 76.3 Å². The van der Waals surface area contributed by atoms with Crippen LogP contribution in [0.5, 0.6) is 0 Å². The van der Waals surface area contributed by atoms with E-state index in [1.54, 1.807) is 13.8 Å². The van der Waals surface area contributed by atoms with E-state index in [1.165, 1.54) is 0 Å². The van der Waals surface area contributed by atoms with Crippen molar-refractivity contribution in [1.29, 1.82) is 15.8 Å². The van der Waals surface area contributed by atoms with Crippen LogP contribution in [0.2, 0.25) is 0 Å². The highest BCUT2D eigenvalue weighted by Crippen LogP contribution is 2.37. The molecular formula is C23H14N4. The molecule has 0 saturated heterocycles. The average molecular weight is 346 g/mol. The van der Waals surface area contributed by atoms with Gasteiger partial charge in [0.05, 0.1) is 39.5 Å². The fraction of sp³-hybridized carbons (Fsp3) is 0.0870. The molecule has 0 amide bonds. The van der Waals surface area contributed by atoms with Gasteiger partial charge in [-0.25, -0.2) is 0 Å². The van der Waals surface area contributed by atoms with Crippen LogP contribution in [0.15, 0.2) is 48.5 Å². The van der Waals surface area contributed by atoms with Crippen molar-refractivity contribution in [2.45, 2.75) is 13.8 Å². The van der Waals surface area contributed by atoms with Crippen LogP contribution in [-0.4, -0.2) is 4.57 Å². The summed E-state index contributed by atoms with van der Waals surface area (Å²) in [6.07, 6.45) is 0. The molecule has 4 heteroatoms. The second kappa shape index (κ2) is 6.03. The zero-order valence-corrected chi connectivity index (χ0v) is 14.9. The molecule has 1 aromatic heterocycles. The predicted octanol–water partition coefficient (Wildman–Crippen LogP) is 5.02. The second-order valence-corrected chi connectivity index (χ2v) is 6.43. The molecule has 0 N–H and O–H groups in total. The number of rotatable bonds is 1. The summed E-state index contributed by atoms with van der Waals surface area (Å²) in [5.41, 5.74) is 4.73. The van der Waals surface area contributed by atoms with Crippen LogP contribution in [0.1, 0.15) is 27.8 Å². The normalized spacial score (nSPS) is 10.5. The van der Waals surface area contributed by atoms with Crippen molar-refractivity contribution in [1.82, 2.24) is 4.57 Å². The number of nitrogens with zero attached hydrogens (tertiary/aromatic N) is 4. The third-order valence-corrected chi connectivity index (χ3v) is 5.11. The Bertz CT molecular complexity index is 1270. The maximum Gasteiger partial charge on any atom is 0.102 e. The Morgan fingerprint density at radius 3 is 1.44 bits per heavy atom. The summed E-state index contributed by atoms with van der Waals surface area (Å²) >= 11 is 0. The maximum atomic E-state index is 9.89. The lowest BCUT2D eigenvalue weighted by Gasteiger charge is -2.17. The van der Waals surface area contributed by atoms with Crippen molar-refractivity contribution >= 4 is 21.8 Å². The quantitative estimate of drug-likeness (QED) is 0.486. The number of hydrogen-bond donors (Lipinski definition) is 0. The van der Waals surface area contributed by atoms with Crippen molar-refractivity contribution < 1.29 is 0 Å². The first kappa shape index (κ1) is 16.4. The van der Waals surface area contributed by atoms with Crippen LogP contribution in [0, 0.1) is 47.8 Å². The summed E-state index contributed by atoms with van der Waals surface area (Å²) in [6, 6.07) is 22.5. The zero-order valence-electron chi connectivity index (χ0n) is 14.9. The Kier molecular flexibility index (Phi) is 3.66. The minimum atomic E-state index is 0.361. The molecule has 0 bridgehead atoms. The highest BCUT2D eigenvalue weighted by Gasteiger charge is 2.23. The Hall–Kier alpha value is -4.07. The van der Waals surface area contributed by atoms with Gasteiger partial charge in [0.2, 0.25) is 0 Å². The van der Waals surface area contributed by atoms with E-state index in [0.717, 1.165) is 21.8 Å². The van der Waals surface area contributed by atoms with Gasteiger partial charge in [-0.2, -0.15) is 15.8 Å². The van der Waals surface area contributed by atoms with Gasteiger partial charge in [0, 0.05) is 10.8 Å². The maximum absolute atomic E-state index is 9.89. The highest BCUT2D eigenvalue weighted by atomic mass is 15.0. The summed E-state index contributed by atoms with van der Waals surface area (Å²) in [4.78, 5) is 0. The number of fused-ring (bicyclic) bond motifs is 3. The van der Waals surface area contributed by atoms with Gasteiger partial charge < -0.3 is 4.57 Å². The number of hydrogen-bond acceptors (Lipinski definition) is 3. The van der Waals surface area contributed by atoms with Crippen LogP contribution in [-0.2, 0) is 0 Å². The standard InChI is InChI=1S/C23H14N4/c1-14-18(11-24)15(2)20(13-26)23(19(14)12-25)27-21-9-5-3-7-16(21)17-8-4-6-10-22(17)27/h3-10H,1-2H3. The predicted molar refractivity (Wildman–Crippen MR) is 104 cm³/mol. The number of nitriles is 3. The highest BCUT2D eigenvalue weighted by molar-refractivity contribution is 6.09. The molecule has 0 radical (unpaired) electrons. The minimum Gasteiger partial charge on any atom is -0.307 e. The lowest BCUT2D eigenvalue weighted by atomic mass is 9.92. The number of aromatic nitrogens is 1. The summed E-state index contributed by atoms with van der Waals surface area (Å²) < 4.78 is 1.98. The van der Waals surface area contributed by atoms with Crippen molar-refractivity contribution in [3.05, 3.63) is 76.3 Å². The zero-order chi connectivity index (χ0) is 19.1. The van der Waals surface area contributed by atoms with E-state index in [1.807, 2.05) is 53.1 Å². The van der Waals surface area contributed by atoms with Crippen LogP contribution in [0.4, 0.5) is 0 Å². The van der Waals surface area contributed by atoms with E-state index < -0.39 is 0 Å². The molecule has 0 fully saturated rings. The summed E-state index contributed by atoms with van der Waals surface area (Å²) in [6.45, 7) is 3.53. The van der Waals surface area contributed by atoms with E-state index in [-0.39, 0.29) is 0 Å². The molecule has 1 heterocycles. The number of benzene rings is 3. The van der Waals surface area contributed by atoms with Crippen LogP contribution < -0.4 is 0 Å². The van der Waals surface area contributed by atoms with E-state index in [2.05, 4.69) is 18.2 Å². The molecule has 0 saturated carbocycles. The fourth-order valence-corrected chi connectivity index (χ4v) is 3.84. The monoisotopic (exact) mass is 346 g/mol. The Labute approximate surface area is 156 Å². The summed E-state index contributed by atoms with van der Waals surface area (Å²) in [5, 5.41) is 31.4. The van der Waals surface area contributed by atoms with Gasteiger partial charge in [0.25, 0.3) is 0 Å². The summed E-state index contributed by atoms with van der Waals surface area (Å²) in [7, 11) is 0. The first-order valence-electron chi connectivity index (χ1n) is 8.50. The molecule has 4 nitrogen and oxygen atoms in total. The molecular weight excluding hydrogens is 332 g/mol. The van der Waals surface area contributed by atoms with Crippen molar-refractivity contribution in [3.8, 4) is 23.9 Å². The Morgan fingerprint density at radius 1 is 0.630 bits per heavy atom. The van der Waals surface area contributed by atoms with Crippen LogP contribution >= 0.6 is 0 Å². The molecule has 0 spiro atoms. The lowest BCUT2D eigenvalue weighted by molar-refractivity contribution is 1.12. The van der Waals surface area contributed by atoms with E-state index >= 15 is 0 Å². The molecule has 4 aromatic rings.